The molecule has 2 aliphatic heterocycles. The lowest BCUT2D eigenvalue weighted by atomic mass is 9.82. The van der Waals surface area contributed by atoms with E-state index in [1.807, 2.05) is 0 Å². The maximum Gasteiger partial charge on any atom is 0.228 e. The molecular formula is C12H22N2O2. The van der Waals surface area contributed by atoms with Crippen molar-refractivity contribution in [2.24, 2.45) is 5.41 Å². The lowest BCUT2D eigenvalue weighted by Gasteiger charge is -2.31. The van der Waals surface area contributed by atoms with Crippen molar-refractivity contribution >= 4 is 5.91 Å². The second kappa shape index (κ2) is 4.34. The molecule has 2 saturated heterocycles. The van der Waals surface area contributed by atoms with E-state index in [0.29, 0.717) is 6.61 Å². The first kappa shape index (κ1) is 11.9. The zero-order valence-corrected chi connectivity index (χ0v) is 10.3. The Hall–Kier alpha value is -0.610. The molecule has 2 unspecified atom stereocenters. The predicted octanol–water partition coefficient (Wildman–Crippen LogP) is 0.671. The number of amides is 1. The van der Waals surface area contributed by atoms with E-state index in [1.54, 1.807) is 0 Å². The molecule has 0 aromatic rings. The molecule has 16 heavy (non-hydrogen) atoms. The summed E-state index contributed by atoms with van der Waals surface area (Å²) in [6.45, 7) is 7.34. The van der Waals surface area contributed by atoms with Crippen LogP contribution in [0.3, 0.4) is 0 Å². The first-order chi connectivity index (χ1) is 7.60. The second-order valence-corrected chi connectivity index (χ2v) is 5.38. The molecular weight excluding hydrogens is 204 g/mol. The highest BCUT2D eigenvalue weighted by Crippen LogP contribution is 2.31. The quantitative estimate of drug-likeness (QED) is 0.743. The molecule has 0 aromatic heterocycles. The Morgan fingerprint density at radius 3 is 2.81 bits per heavy atom. The standard InChI is InChI=1S/C12H22N2O2/c1-3-12(4-6-13-8-12)10(15)14-11(2)5-7-16-9-11/h13H,3-9H2,1-2H3,(H,14,15). The molecule has 0 aliphatic carbocycles. The highest BCUT2D eigenvalue weighted by Gasteiger charge is 2.43. The Morgan fingerprint density at radius 2 is 2.31 bits per heavy atom. The van der Waals surface area contributed by atoms with E-state index < -0.39 is 0 Å². The normalized spacial score (nSPS) is 38.9. The van der Waals surface area contributed by atoms with E-state index in [1.165, 1.54) is 0 Å². The van der Waals surface area contributed by atoms with E-state index in [0.717, 1.165) is 39.0 Å². The average molecular weight is 226 g/mol. The lowest BCUT2D eigenvalue weighted by molar-refractivity contribution is -0.132. The summed E-state index contributed by atoms with van der Waals surface area (Å²) >= 11 is 0. The largest absolute Gasteiger partial charge is 0.379 e. The van der Waals surface area contributed by atoms with Crippen molar-refractivity contribution in [3.8, 4) is 0 Å². The molecule has 2 aliphatic rings. The third kappa shape index (κ3) is 2.09. The summed E-state index contributed by atoms with van der Waals surface area (Å²) in [6, 6.07) is 0. The maximum atomic E-state index is 12.4. The molecule has 1 amide bonds. The van der Waals surface area contributed by atoms with Crippen molar-refractivity contribution < 1.29 is 9.53 Å². The van der Waals surface area contributed by atoms with Crippen LogP contribution in [0, 0.1) is 5.41 Å². The van der Waals surface area contributed by atoms with Crippen molar-refractivity contribution in [3.63, 3.8) is 0 Å². The minimum atomic E-state index is -0.189. The van der Waals surface area contributed by atoms with Gasteiger partial charge in [-0.05, 0) is 32.7 Å². The van der Waals surface area contributed by atoms with Crippen molar-refractivity contribution in [2.75, 3.05) is 26.3 Å². The van der Waals surface area contributed by atoms with Gasteiger partial charge in [-0.25, -0.2) is 0 Å². The number of nitrogens with one attached hydrogen (secondary N) is 2. The topological polar surface area (TPSA) is 50.4 Å². The highest BCUT2D eigenvalue weighted by atomic mass is 16.5. The number of hydrogen-bond donors (Lipinski definition) is 2. The Morgan fingerprint density at radius 1 is 1.50 bits per heavy atom. The van der Waals surface area contributed by atoms with Crippen LogP contribution in [0.25, 0.3) is 0 Å². The van der Waals surface area contributed by atoms with Crippen LogP contribution in [0.15, 0.2) is 0 Å². The lowest BCUT2D eigenvalue weighted by Crippen LogP contribution is -2.53. The van der Waals surface area contributed by atoms with Crippen LogP contribution in [0.1, 0.15) is 33.1 Å². The van der Waals surface area contributed by atoms with Crippen LogP contribution in [0.2, 0.25) is 0 Å². The van der Waals surface area contributed by atoms with Crippen LogP contribution >= 0.6 is 0 Å². The Labute approximate surface area is 97.1 Å². The first-order valence-electron chi connectivity index (χ1n) is 6.21. The molecule has 92 valence electrons. The summed E-state index contributed by atoms with van der Waals surface area (Å²) in [4.78, 5) is 12.4. The first-order valence-corrected chi connectivity index (χ1v) is 6.21. The van der Waals surface area contributed by atoms with Crippen LogP contribution in [-0.4, -0.2) is 37.7 Å². The van der Waals surface area contributed by atoms with Gasteiger partial charge >= 0.3 is 0 Å². The fourth-order valence-corrected chi connectivity index (χ4v) is 2.57. The van der Waals surface area contributed by atoms with Gasteiger partial charge in [-0.2, -0.15) is 0 Å². The van der Waals surface area contributed by atoms with E-state index in [-0.39, 0.29) is 16.9 Å². The summed E-state index contributed by atoms with van der Waals surface area (Å²) in [6.07, 6.45) is 2.78. The smallest absolute Gasteiger partial charge is 0.228 e. The van der Waals surface area contributed by atoms with Gasteiger partial charge in [0.05, 0.1) is 17.6 Å². The molecule has 0 bridgehead atoms. The second-order valence-electron chi connectivity index (χ2n) is 5.38. The fraction of sp³-hybridized carbons (Fsp3) is 0.917. The van der Waals surface area contributed by atoms with Gasteiger partial charge in [0.1, 0.15) is 0 Å². The maximum absolute atomic E-state index is 12.4. The molecule has 0 spiro atoms. The van der Waals surface area contributed by atoms with Crippen molar-refractivity contribution in [3.05, 3.63) is 0 Å². The molecule has 2 atom stereocenters. The minimum Gasteiger partial charge on any atom is -0.379 e. The summed E-state index contributed by atoms with van der Waals surface area (Å²) in [7, 11) is 0. The van der Waals surface area contributed by atoms with E-state index in [9.17, 15) is 4.79 Å². The highest BCUT2D eigenvalue weighted by molar-refractivity contribution is 5.84. The van der Waals surface area contributed by atoms with Gasteiger partial charge in [0, 0.05) is 13.2 Å². The van der Waals surface area contributed by atoms with Gasteiger partial charge in [0.2, 0.25) is 5.91 Å². The van der Waals surface area contributed by atoms with Gasteiger partial charge in [0.15, 0.2) is 0 Å². The SMILES string of the molecule is CCC1(C(=O)NC2(C)CCOC2)CCNC1. The molecule has 2 N–H and O–H groups in total. The van der Waals surface area contributed by atoms with Crippen molar-refractivity contribution in [1.29, 1.82) is 0 Å². The molecule has 2 fully saturated rings. The van der Waals surface area contributed by atoms with Gasteiger partial charge in [-0.1, -0.05) is 6.92 Å². The molecule has 0 aromatic carbocycles. The number of rotatable bonds is 3. The number of carbonyl (C=O) groups is 1. The van der Waals surface area contributed by atoms with Gasteiger partial charge in [-0.15, -0.1) is 0 Å². The molecule has 4 nitrogen and oxygen atoms in total. The Bertz CT molecular complexity index is 266. The average Bonchev–Trinajstić information content (AvgIpc) is 2.87. The van der Waals surface area contributed by atoms with E-state index in [2.05, 4.69) is 24.5 Å². The Kier molecular flexibility index (Phi) is 3.22. The zero-order valence-electron chi connectivity index (χ0n) is 10.3. The van der Waals surface area contributed by atoms with Crippen LogP contribution in [0.5, 0.6) is 0 Å². The van der Waals surface area contributed by atoms with E-state index in [4.69, 9.17) is 4.74 Å². The number of ether oxygens (including phenoxy) is 1. The fourth-order valence-electron chi connectivity index (χ4n) is 2.57. The number of carbonyl (C=O) groups excluding carboxylic acids is 1. The Balaban J connectivity index is 2.01. The van der Waals surface area contributed by atoms with Crippen LogP contribution < -0.4 is 10.6 Å². The molecule has 0 saturated carbocycles. The predicted molar refractivity (Wildman–Crippen MR) is 62.2 cm³/mol. The summed E-state index contributed by atoms with van der Waals surface area (Å²) < 4.78 is 5.36. The number of hydrogen-bond acceptors (Lipinski definition) is 3. The molecule has 4 heteroatoms. The van der Waals surface area contributed by atoms with Gasteiger partial charge in [-0.3, -0.25) is 4.79 Å². The monoisotopic (exact) mass is 226 g/mol. The molecule has 2 heterocycles. The summed E-state index contributed by atoms with van der Waals surface area (Å²) in [5, 5.41) is 6.48. The van der Waals surface area contributed by atoms with Gasteiger partial charge < -0.3 is 15.4 Å². The van der Waals surface area contributed by atoms with Crippen LogP contribution in [-0.2, 0) is 9.53 Å². The van der Waals surface area contributed by atoms with Crippen molar-refractivity contribution in [1.82, 2.24) is 10.6 Å². The summed E-state index contributed by atoms with van der Waals surface area (Å²) in [5.74, 6) is 0.202. The third-order valence-electron chi connectivity index (χ3n) is 4.04. The van der Waals surface area contributed by atoms with Gasteiger partial charge in [0.25, 0.3) is 0 Å². The zero-order chi connectivity index (χ0) is 11.6. The van der Waals surface area contributed by atoms with E-state index >= 15 is 0 Å². The van der Waals surface area contributed by atoms with Crippen molar-refractivity contribution in [2.45, 2.75) is 38.6 Å². The minimum absolute atomic E-state index is 0.151. The molecule has 2 rings (SSSR count). The third-order valence-corrected chi connectivity index (χ3v) is 4.04. The molecule has 0 radical (unpaired) electrons. The summed E-state index contributed by atoms with van der Waals surface area (Å²) in [5.41, 5.74) is -0.340. The van der Waals surface area contributed by atoms with Crippen LogP contribution in [0.4, 0.5) is 0 Å².